The van der Waals surface area contributed by atoms with Gasteiger partial charge >= 0.3 is 5.97 Å². The van der Waals surface area contributed by atoms with Crippen molar-refractivity contribution in [3.05, 3.63) is 75.2 Å². The van der Waals surface area contributed by atoms with Crippen LogP contribution in [0.3, 0.4) is 0 Å². The first-order valence-electron chi connectivity index (χ1n) is 11.5. The van der Waals surface area contributed by atoms with Gasteiger partial charge in [0, 0.05) is 56.1 Å². The Bertz CT molecular complexity index is 1360. The lowest BCUT2D eigenvalue weighted by Gasteiger charge is -2.36. The van der Waals surface area contributed by atoms with Crippen LogP contribution in [0.1, 0.15) is 34.1 Å². The second kappa shape index (κ2) is 9.99. The zero-order valence-corrected chi connectivity index (χ0v) is 21.2. The Labute approximate surface area is 213 Å². The maximum Gasteiger partial charge on any atom is 0.335 e. The number of thiophene rings is 1. The molecule has 1 aliphatic rings. The zero-order valence-electron chi connectivity index (χ0n) is 19.6. The Hall–Kier alpha value is -2.91. The van der Waals surface area contributed by atoms with Crippen molar-refractivity contribution in [2.45, 2.75) is 19.6 Å². The molecule has 2 aromatic carbocycles. The summed E-state index contributed by atoms with van der Waals surface area (Å²) in [5, 5.41) is 9.40. The number of imidazole rings is 1. The maximum absolute atomic E-state index is 11.5. The number of benzene rings is 2. The third-order valence-electron chi connectivity index (χ3n) is 6.48. The predicted molar refractivity (Wildman–Crippen MR) is 140 cm³/mol. The quantitative estimate of drug-likeness (QED) is 0.355. The van der Waals surface area contributed by atoms with Crippen LogP contribution in [0.5, 0.6) is 0 Å². The lowest BCUT2D eigenvalue weighted by atomic mass is 10.2. The van der Waals surface area contributed by atoms with E-state index < -0.39 is 5.97 Å². The average molecular weight is 511 g/mol. The SMILES string of the molecule is COC(C)c1nc2cc(C(=O)O)ccc2n1-c1cccc(N2CCN(Cc3ccc(Cl)s3)CC2)c1. The van der Waals surface area contributed by atoms with E-state index in [0.29, 0.717) is 5.52 Å². The van der Waals surface area contributed by atoms with Gasteiger partial charge in [0.25, 0.3) is 0 Å². The molecule has 0 radical (unpaired) electrons. The Morgan fingerprint density at radius 3 is 2.57 bits per heavy atom. The van der Waals surface area contributed by atoms with Crippen molar-refractivity contribution < 1.29 is 14.6 Å². The molecule has 1 atom stereocenters. The Kier molecular flexibility index (Phi) is 6.80. The van der Waals surface area contributed by atoms with Gasteiger partial charge in [-0.05, 0) is 55.5 Å². The monoisotopic (exact) mass is 510 g/mol. The fourth-order valence-electron chi connectivity index (χ4n) is 4.53. The minimum atomic E-state index is -0.967. The largest absolute Gasteiger partial charge is 0.478 e. The molecule has 0 amide bonds. The number of ether oxygens (including phenoxy) is 1. The van der Waals surface area contributed by atoms with Gasteiger partial charge in [-0.25, -0.2) is 9.78 Å². The molecule has 2 aromatic heterocycles. The topological polar surface area (TPSA) is 70.8 Å². The third kappa shape index (κ3) is 4.92. The Morgan fingerprint density at radius 1 is 1.11 bits per heavy atom. The van der Waals surface area contributed by atoms with Crippen LogP contribution in [0, 0.1) is 0 Å². The molecule has 0 saturated carbocycles. The summed E-state index contributed by atoms with van der Waals surface area (Å²) in [6.45, 7) is 6.73. The van der Waals surface area contributed by atoms with E-state index in [2.05, 4.69) is 44.7 Å². The molecular weight excluding hydrogens is 484 g/mol. The molecule has 9 heteroatoms. The number of fused-ring (bicyclic) bond motifs is 1. The number of methoxy groups -OCH3 is 1. The van der Waals surface area contributed by atoms with E-state index >= 15 is 0 Å². The van der Waals surface area contributed by atoms with Crippen molar-refractivity contribution in [2.75, 3.05) is 38.2 Å². The van der Waals surface area contributed by atoms with E-state index in [1.165, 1.54) is 4.88 Å². The minimum absolute atomic E-state index is 0.218. The maximum atomic E-state index is 11.5. The molecule has 5 rings (SSSR count). The van der Waals surface area contributed by atoms with Gasteiger partial charge in [0.2, 0.25) is 0 Å². The second-order valence-electron chi connectivity index (χ2n) is 8.68. The number of rotatable bonds is 7. The molecule has 1 saturated heterocycles. The van der Waals surface area contributed by atoms with Gasteiger partial charge in [-0.3, -0.25) is 9.47 Å². The first-order chi connectivity index (χ1) is 16.9. The highest BCUT2D eigenvalue weighted by atomic mass is 35.5. The number of aromatic nitrogens is 2. The van der Waals surface area contributed by atoms with E-state index in [9.17, 15) is 9.90 Å². The summed E-state index contributed by atoms with van der Waals surface area (Å²) < 4.78 is 8.49. The number of halogens is 1. The van der Waals surface area contributed by atoms with Crippen molar-refractivity contribution in [3.8, 4) is 5.69 Å². The molecule has 1 N–H and O–H groups in total. The molecule has 1 fully saturated rings. The summed E-state index contributed by atoms with van der Waals surface area (Å²) in [6, 6.07) is 17.5. The highest BCUT2D eigenvalue weighted by Crippen LogP contribution is 2.30. The molecule has 0 bridgehead atoms. The molecule has 1 unspecified atom stereocenters. The van der Waals surface area contributed by atoms with Crippen molar-refractivity contribution in [3.63, 3.8) is 0 Å². The highest BCUT2D eigenvalue weighted by molar-refractivity contribution is 7.16. The number of anilines is 1. The predicted octanol–water partition coefficient (Wildman–Crippen LogP) is 5.47. The zero-order chi connectivity index (χ0) is 24.5. The third-order valence-corrected chi connectivity index (χ3v) is 7.69. The van der Waals surface area contributed by atoms with E-state index in [0.717, 1.165) is 59.8 Å². The van der Waals surface area contributed by atoms with Crippen molar-refractivity contribution in [1.82, 2.24) is 14.5 Å². The fourth-order valence-corrected chi connectivity index (χ4v) is 5.66. The van der Waals surface area contributed by atoms with Crippen LogP contribution < -0.4 is 4.90 Å². The van der Waals surface area contributed by atoms with Crippen LogP contribution in [0.15, 0.2) is 54.6 Å². The van der Waals surface area contributed by atoms with Crippen LogP contribution >= 0.6 is 22.9 Å². The van der Waals surface area contributed by atoms with Gasteiger partial charge < -0.3 is 14.7 Å². The van der Waals surface area contributed by atoms with E-state index in [1.807, 2.05) is 19.1 Å². The first-order valence-corrected chi connectivity index (χ1v) is 12.7. The Balaban J connectivity index is 1.41. The number of carbonyl (C=O) groups is 1. The van der Waals surface area contributed by atoms with Crippen molar-refractivity contribution in [2.24, 2.45) is 0 Å². The van der Waals surface area contributed by atoms with Gasteiger partial charge in [-0.15, -0.1) is 11.3 Å². The number of carboxylic acids is 1. The second-order valence-corrected chi connectivity index (χ2v) is 10.5. The van der Waals surface area contributed by atoms with Gasteiger partial charge in [-0.2, -0.15) is 0 Å². The van der Waals surface area contributed by atoms with Gasteiger partial charge in [0.1, 0.15) is 11.9 Å². The minimum Gasteiger partial charge on any atom is -0.478 e. The molecule has 3 heterocycles. The first kappa shape index (κ1) is 23.8. The van der Waals surface area contributed by atoms with Gasteiger partial charge in [-0.1, -0.05) is 17.7 Å². The molecule has 1 aliphatic heterocycles. The number of nitrogens with zero attached hydrogens (tertiary/aromatic N) is 4. The Morgan fingerprint density at radius 2 is 1.89 bits per heavy atom. The molecule has 182 valence electrons. The fraction of sp³-hybridized carbons (Fsp3) is 0.308. The summed E-state index contributed by atoms with van der Waals surface area (Å²) in [5.41, 5.74) is 3.83. The molecular formula is C26H27ClN4O3S. The standard InChI is InChI=1S/C26H27ClN4O3S/c1-17(34-2)25-28-22-14-18(26(32)33)6-8-23(22)31(25)20-5-3-4-19(15-20)30-12-10-29(11-13-30)16-21-7-9-24(27)35-21/h3-9,14-15,17H,10-13,16H2,1-2H3,(H,32,33). The number of hydrogen-bond acceptors (Lipinski definition) is 6. The normalized spacial score (nSPS) is 15.6. The summed E-state index contributed by atoms with van der Waals surface area (Å²) in [5.74, 6) is -0.229. The lowest BCUT2D eigenvalue weighted by molar-refractivity contribution is 0.0697. The van der Waals surface area contributed by atoms with Crippen LogP contribution in [-0.2, 0) is 11.3 Å². The number of hydrogen-bond donors (Lipinski definition) is 1. The van der Waals surface area contributed by atoms with Gasteiger partial charge in [0.15, 0.2) is 0 Å². The van der Waals surface area contributed by atoms with E-state index in [4.69, 9.17) is 21.3 Å². The van der Waals surface area contributed by atoms with Crippen molar-refractivity contribution in [1.29, 1.82) is 0 Å². The van der Waals surface area contributed by atoms with Crippen LogP contribution in [0.2, 0.25) is 4.34 Å². The molecule has 0 aliphatic carbocycles. The molecule has 4 aromatic rings. The smallest absolute Gasteiger partial charge is 0.335 e. The summed E-state index contributed by atoms with van der Waals surface area (Å²) >= 11 is 7.73. The van der Waals surface area contributed by atoms with Gasteiger partial charge in [0.05, 0.1) is 20.9 Å². The summed E-state index contributed by atoms with van der Waals surface area (Å²) in [7, 11) is 1.65. The van der Waals surface area contributed by atoms with Crippen LogP contribution in [0.4, 0.5) is 5.69 Å². The number of piperazine rings is 1. The molecule has 0 spiro atoms. The van der Waals surface area contributed by atoms with Crippen molar-refractivity contribution >= 4 is 45.6 Å². The number of carboxylic acid groups (broad SMARTS) is 1. The van der Waals surface area contributed by atoms with E-state index in [1.54, 1.807) is 30.6 Å². The lowest BCUT2D eigenvalue weighted by Crippen LogP contribution is -2.45. The molecule has 7 nitrogen and oxygen atoms in total. The number of aromatic carboxylic acids is 1. The highest BCUT2D eigenvalue weighted by Gasteiger charge is 2.21. The average Bonchev–Trinajstić information content (AvgIpc) is 3.46. The van der Waals surface area contributed by atoms with Crippen LogP contribution in [0.25, 0.3) is 16.7 Å². The summed E-state index contributed by atoms with van der Waals surface area (Å²) in [4.78, 5) is 22.4. The summed E-state index contributed by atoms with van der Waals surface area (Å²) in [6.07, 6.45) is -0.256. The van der Waals surface area contributed by atoms with E-state index in [-0.39, 0.29) is 11.7 Å². The molecule has 35 heavy (non-hydrogen) atoms. The van der Waals surface area contributed by atoms with Crippen LogP contribution in [-0.4, -0.2) is 58.8 Å².